The van der Waals surface area contributed by atoms with Gasteiger partial charge in [-0.2, -0.15) is 4.31 Å². The van der Waals surface area contributed by atoms with Gasteiger partial charge in [0, 0.05) is 12.6 Å². The van der Waals surface area contributed by atoms with E-state index in [-0.39, 0.29) is 40.0 Å². The van der Waals surface area contributed by atoms with Crippen molar-refractivity contribution < 1.29 is 26.7 Å². The number of benzene rings is 1. The number of sulfonamides is 1. The summed E-state index contributed by atoms with van der Waals surface area (Å²) in [5.41, 5.74) is -0.199. The minimum atomic E-state index is -4.18. The zero-order valence-electron chi connectivity index (χ0n) is 16.5. The largest absolute Gasteiger partial charge is 0.478 e. The fourth-order valence-electron chi connectivity index (χ4n) is 3.45. The molecule has 0 saturated carbocycles. The Bertz CT molecular complexity index is 945. The van der Waals surface area contributed by atoms with Crippen molar-refractivity contribution in [3.63, 3.8) is 0 Å². The molecule has 1 saturated heterocycles. The Kier molecular flexibility index (Phi) is 8.08. The van der Waals surface area contributed by atoms with Crippen molar-refractivity contribution in [3.05, 3.63) is 28.8 Å². The fraction of sp³-hybridized carbons (Fsp3) is 0.611. The van der Waals surface area contributed by atoms with Crippen LogP contribution in [0.1, 0.15) is 37.0 Å². The van der Waals surface area contributed by atoms with Gasteiger partial charge in [0.05, 0.1) is 22.1 Å². The lowest BCUT2D eigenvalue weighted by Crippen LogP contribution is -2.42. The molecule has 0 amide bonds. The molecule has 0 bridgehead atoms. The topological polar surface area (TPSA) is 112 Å². The molecule has 8 nitrogen and oxygen atoms in total. The lowest BCUT2D eigenvalue weighted by atomic mass is 10.2. The van der Waals surface area contributed by atoms with Crippen LogP contribution >= 0.6 is 11.6 Å². The van der Waals surface area contributed by atoms with Crippen LogP contribution in [0.5, 0.6) is 0 Å². The highest BCUT2D eigenvalue weighted by Crippen LogP contribution is 2.30. The maximum Gasteiger partial charge on any atom is 0.335 e. The molecule has 0 spiro atoms. The van der Waals surface area contributed by atoms with Gasteiger partial charge in [0.1, 0.15) is 4.90 Å². The molecule has 1 fully saturated rings. The van der Waals surface area contributed by atoms with Crippen LogP contribution in [0.4, 0.5) is 0 Å². The highest BCUT2D eigenvalue weighted by molar-refractivity contribution is 7.92. The molecular formula is C18H27ClN2O6S2. The first-order valence-electron chi connectivity index (χ1n) is 9.49. The molecule has 2 rings (SSSR count). The maximum atomic E-state index is 13.4. The number of hydrogen-bond acceptors (Lipinski definition) is 6. The summed E-state index contributed by atoms with van der Waals surface area (Å²) in [6.07, 6.45) is 0.733. The summed E-state index contributed by atoms with van der Waals surface area (Å²) in [7, 11) is -7.49. The van der Waals surface area contributed by atoms with Crippen molar-refractivity contribution in [1.82, 2.24) is 9.21 Å². The molecule has 1 aromatic rings. The lowest BCUT2D eigenvalue weighted by molar-refractivity contribution is 0.0696. The van der Waals surface area contributed by atoms with E-state index in [1.165, 1.54) is 16.4 Å². The zero-order chi connectivity index (χ0) is 21.8. The van der Waals surface area contributed by atoms with Crippen molar-refractivity contribution >= 4 is 37.4 Å². The lowest BCUT2D eigenvalue weighted by Gasteiger charge is -2.29. The Morgan fingerprint density at radius 1 is 1.24 bits per heavy atom. The molecule has 1 aliphatic rings. The van der Waals surface area contributed by atoms with Gasteiger partial charge in [-0.15, -0.1) is 0 Å². The van der Waals surface area contributed by atoms with Crippen molar-refractivity contribution in [2.75, 3.05) is 37.7 Å². The number of hydrogen-bond donors (Lipinski definition) is 1. The molecule has 0 aromatic heterocycles. The van der Waals surface area contributed by atoms with Gasteiger partial charge in [0.2, 0.25) is 10.0 Å². The van der Waals surface area contributed by atoms with E-state index in [1.54, 1.807) is 0 Å². The normalized spacial score (nSPS) is 19.1. The first-order chi connectivity index (χ1) is 13.5. The van der Waals surface area contributed by atoms with E-state index in [0.717, 1.165) is 19.2 Å². The van der Waals surface area contributed by atoms with Crippen LogP contribution in [0.2, 0.25) is 5.02 Å². The van der Waals surface area contributed by atoms with Crippen molar-refractivity contribution in [2.24, 2.45) is 0 Å². The van der Waals surface area contributed by atoms with Gasteiger partial charge in [0.25, 0.3) is 0 Å². The molecule has 1 aromatic carbocycles. The highest BCUT2D eigenvalue weighted by atomic mass is 35.5. The van der Waals surface area contributed by atoms with E-state index in [0.29, 0.717) is 13.0 Å². The Labute approximate surface area is 177 Å². The third-order valence-corrected chi connectivity index (χ3v) is 9.31. The molecule has 11 heteroatoms. The standard InChI is InChI=1S/C18H27ClN2O6S2/c1-3-20(4-2)9-5-10-21(15-8-11-28(24,25)13-15)29(26,27)17-12-14(18(22)23)6-7-16(17)19/h6-7,12,15H,3-5,8-11,13H2,1-2H3,(H,22,23)/t15-/m0/s1. The van der Waals surface area contributed by atoms with Gasteiger partial charge in [-0.1, -0.05) is 25.4 Å². The van der Waals surface area contributed by atoms with E-state index in [1.807, 2.05) is 13.8 Å². The SMILES string of the molecule is CCN(CC)CCCN([C@H]1CCS(=O)(=O)C1)S(=O)(=O)c1cc(C(=O)O)ccc1Cl. The average molecular weight is 467 g/mol. The number of aromatic carboxylic acids is 1. The van der Waals surface area contributed by atoms with Gasteiger partial charge in [0.15, 0.2) is 9.84 Å². The van der Waals surface area contributed by atoms with E-state index >= 15 is 0 Å². The van der Waals surface area contributed by atoms with Crippen LogP contribution in [-0.2, 0) is 19.9 Å². The molecule has 29 heavy (non-hydrogen) atoms. The Balaban J connectivity index is 2.38. The first kappa shape index (κ1) is 24.1. The van der Waals surface area contributed by atoms with Crippen LogP contribution in [0, 0.1) is 0 Å². The minimum Gasteiger partial charge on any atom is -0.478 e. The molecule has 1 N–H and O–H groups in total. The monoisotopic (exact) mass is 466 g/mol. The second-order valence-electron chi connectivity index (χ2n) is 7.00. The summed E-state index contributed by atoms with van der Waals surface area (Å²) in [6, 6.07) is 2.80. The third-order valence-electron chi connectivity index (χ3n) is 5.13. The van der Waals surface area contributed by atoms with Crippen molar-refractivity contribution in [2.45, 2.75) is 37.6 Å². The number of sulfone groups is 1. The summed E-state index contributed by atoms with van der Waals surface area (Å²) < 4.78 is 51.9. The number of carbonyl (C=O) groups is 1. The molecule has 0 unspecified atom stereocenters. The Morgan fingerprint density at radius 3 is 2.41 bits per heavy atom. The molecule has 1 aliphatic heterocycles. The van der Waals surface area contributed by atoms with Crippen molar-refractivity contribution in [3.8, 4) is 0 Å². The highest BCUT2D eigenvalue weighted by Gasteiger charge is 2.39. The molecule has 164 valence electrons. The smallest absolute Gasteiger partial charge is 0.335 e. The van der Waals surface area contributed by atoms with E-state index in [9.17, 15) is 26.7 Å². The van der Waals surface area contributed by atoms with Crippen LogP contribution in [0.25, 0.3) is 0 Å². The quantitative estimate of drug-likeness (QED) is 0.560. The van der Waals surface area contributed by atoms with E-state index in [4.69, 9.17) is 11.6 Å². The van der Waals surface area contributed by atoms with Gasteiger partial charge >= 0.3 is 5.97 Å². The third kappa shape index (κ3) is 5.91. The van der Waals surface area contributed by atoms with Crippen LogP contribution in [0.3, 0.4) is 0 Å². The average Bonchev–Trinajstić information content (AvgIpc) is 3.01. The summed E-state index contributed by atoms with van der Waals surface area (Å²) in [5.74, 6) is -1.58. The predicted octanol–water partition coefficient (Wildman–Crippen LogP) is 1.95. The predicted molar refractivity (Wildman–Crippen MR) is 112 cm³/mol. The second-order valence-corrected chi connectivity index (χ2v) is 11.5. The minimum absolute atomic E-state index is 0.0668. The van der Waals surface area contributed by atoms with Gasteiger partial charge in [-0.3, -0.25) is 0 Å². The Hall–Kier alpha value is -1.20. The first-order valence-corrected chi connectivity index (χ1v) is 13.1. The van der Waals surface area contributed by atoms with E-state index in [2.05, 4.69) is 4.90 Å². The molecule has 0 aliphatic carbocycles. The second kappa shape index (κ2) is 9.74. The molecule has 1 heterocycles. The summed E-state index contributed by atoms with van der Waals surface area (Å²) >= 11 is 6.10. The van der Waals surface area contributed by atoms with Gasteiger partial charge < -0.3 is 10.0 Å². The number of rotatable bonds is 10. The summed E-state index contributed by atoms with van der Waals surface area (Å²) in [5, 5.41) is 9.11. The molecule has 1 atom stereocenters. The number of carboxylic acids is 1. The maximum absolute atomic E-state index is 13.4. The molecule has 0 radical (unpaired) electrons. The van der Waals surface area contributed by atoms with Gasteiger partial charge in [-0.05, 0) is 50.7 Å². The zero-order valence-corrected chi connectivity index (χ0v) is 18.9. The summed E-state index contributed by atoms with van der Waals surface area (Å²) in [6.45, 7) is 6.48. The van der Waals surface area contributed by atoms with Crippen molar-refractivity contribution in [1.29, 1.82) is 0 Å². The number of carboxylic acid groups (broad SMARTS) is 1. The number of nitrogens with zero attached hydrogens (tertiary/aromatic N) is 2. The molecular weight excluding hydrogens is 440 g/mol. The number of halogens is 1. The Morgan fingerprint density at radius 2 is 1.90 bits per heavy atom. The summed E-state index contributed by atoms with van der Waals surface area (Å²) in [4.78, 5) is 13.1. The van der Waals surface area contributed by atoms with Crippen LogP contribution in [0.15, 0.2) is 23.1 Å². The fourth-order valence-corrected chi connectivity index (χ4v) is 7.47. The van der Waals surface area contributed by atoms with E-state index < -0.39 is 31.9 Å². The van der Waals surface area contributed by atoms with Gasteiger partial charge in [-0.25, -0.2) is 21.6 Å². The van der Waals surface area contributed by atoms with Crippen LogP contribution in [-0.4, -0.2) is 80.8 Å². The van der Waals surface area contributed by atoms with Crippen LogP contribution < -0.4 is 0 Å².